The molecular weight excluding hydrogens is 497 g/mol. The molecule has 2 nitrogen and oxygen atoms in total. The lowest BCUT2D eigenvalue weighted by atomic mass is 10.2. The number of rotatable bonds is 6. The monoisotopic (exact) mass is 507 g/mol. The zero-order valence-corrected chi connectivity index (χ0v) is 17.0. The molecule has 2 aromatic carbocycles. The summed E-state index contributed by atoms with van der Waals surface area (Å²) in [7, 11) is 0. The molecule has 0 fully saturated rings. The van der Waals surface area contributed by atoms with Crippen LogP contribution in [0, 0.1) is 0 Å². The first-order valence-corrected chi connectivity index (χ1v) is 9.17. The van der Waals surface area contributed by atoms with Gasteiger partial charge in [-0.15, -0.1) is 0 Å². The second-order valence-electron chi connectivity index (χ2n) is 4.46. The highest BCUT2D eigenvalue weighted by atomic mass is 79.9. The van der Waals surface area contributed by atoms with Crippen LogP contribution in [-0.4, -0.2) is 6.61 Å². The molecule has 0 aromatic heterocycles. The summed E-state index contributed by atoms with van der Waals surface area (Å²) in [6.45, 7) is 4.75. The Morgan fingerprint density at radius 3 is 2.59 bits per heavy atom. The molecule has 0 aliphatic rings. The van der Waals surface area contributed by atoms with Crippen LogP contribution in [0.1, 0.15) is 5.56 Å². The van der Waals surface area contributed by atoms with Crippen molar-refractivity contribution < 1.29 is 4.74 Å². The van der Waals surface area contributed by atoms with Gasteiger partial charge in [-0.05, 0) is 62.2 Å². The van der Waals surface area contributed by atoms with E-state index in [0.717, 1.165) is 30.4 Å². The minimum Gasteiger partial charge on any atom is -0.488 e. The molecule has 0 saturated heterocycles. The molecule has 0 aliphatic carbocycles. The van der Waals surface area contributed by atoms with E-state index in [-0.39, 0.29) is 0 Å². The molecule has 0 radical (unpaired) electrons. The predicted octanol–water partition coefficient (Wildman–Crippen LogP) is 6.80. The highest BCUT2D eigenvalue weighted by Crippen LogP contribution is 2.34. The van der Waals surface area contributed by atoms with Crippen LogP contribution >= 0.6 is 59.4 Å². The number of halogens is 4. The first-order valence-electron chi connectivity index (χ1n) is 6.42. The standard InChI is InChI=1S/C16H13Br3ClNO/c1-2-5-22-16-10(6-11(17)7-14(16)19)9-21-12-3-4-13(18)15(20)8-12/h2-4,6-8,21H,1,5,9H2. The zero-order valence-electron chi connectivity index (χ0n) is 11.5. The average molecular weight is 510 g/mol. The molecule has 0 atom stereocenters. The topological polar surface area (TPSA) is 21.3 Å². The Kier molecular flexibility index (Phi) is 6.81. The van der Waals surface area contributed by atoms with E-state index in [1.54, 1.807) is 6.08 Å². The number of ether oxygens (including phenoxy) is 1. The fourth-order valence-corrected chi connectivity index (χ4v) is 3.71. The van der Waals surface area contributed by atoms with Crippen molar-refractivity contribution in [3.05, 3.63) is 67.0 Å². The summed E-state index contributed by atoms with van der Waals surface area (Å²) in [5, 5.41) is 4.02. The van der Waals surface area contributed by atoms with Crippen LogP contribution in [0.15, 0.2) is 56.4 Å². The van der Waals surface area contributed by atoms with Gasteiger partial charge in [0.05, 0.1) is 9.50 Å². The molecule has 0 bridgehead atoms. The Bertz CT molecular complexity index is 691. The van der Waals surface area contributed by atoms with Crippen LogP contribution in [0.25, 0.3) is 0 Å². The molecule has 0 heterocycles. The molecule has 0 unspecified atom stereocenters. The lowest BCUT2D eigenvalue weighted by Crippen LogP contribution is -2.04. The highest BCUT2D eigenvalue weighted by Gasteiger charge is 2.10. The van der Waals surface area contributed by atoms with Crippen molar-refractivity contribution >= 4 is 65.1 Å². The molecule has 1 N–H and O–H groups in total. The van der Waals surface area contributed by atoms with E-state index in [2.05, 4.69) is 59.7 Å². The number of benzene rings is 2. The Morgan fingerprint density at radius 1 is 1.14 bits per heavy atom. The molecule has 0 aliphatic heterocycles. The van der Waals surface area contributed by atoms with E-state index in [9.17, 15) is 0 Å². The third kappa shape index (κ3) is 4.75. The lowest BCUT2D eigenvalue weighted by Gasteiger charge is -2.14. The van der Waals surface area contributed by atoms with Gasteiger partial charge < -0.3 is 10.1 Å². The first kappa shape index (κ1) is 17.9. The number of anilines is 1. The largest absolute Gasteiger partial charge is 0.488 e. The van der Waals surface area contributed by atoms with Crippen LogP contribution in [-0.2, 0) is 6.54 Å². The third-order valence-corrected chi connectivity index (χ3v) is 5.11. The van der Waals surface area contributed by atoms with Gasteiger partial charge >= 0.3 is 0 Å². The van der Waals surface area contributed by atoms with Crippen molar-refractivity contribution in [2.45, 2.75) is 6.54 Å². The fraction of sp³-hybridized carbons (Fsp3) is 0.125. The van der Waals surface area contributed by atoms with E-state index in [1.165, 1.54) is 0 Å². The van der Waals surface area contributed by atoms with Crippen molar-refractivity contribution in [2.24, 2.45) is 0 Å². The van der Waals surface area contributed by atoms with Gasteiger partial charge in [-0.1, -0.05) is 40.2 Å². The summed E-state index contributed by atoms with van der Waals surface area (Å²) in [6, 6.07) is 9.74. The van der Waals surface area contributed by atoms with Crippen LogP contribution < -0.4 is 10.1 Å². The SMILES string of the molecule is C=CCOc1c(Br)cc(Br)cc1CNc1ccc(Br)c(Cl)c1. The maximum absolute atomic E-state index is 6.11. The molecule has 116 valence electrons. The third-order valence-electron chi connectivity index (χ3n) is 2.83. The second-order valence-corrected chi connectivity index (χ2v) is 7.49. The summed E-state index contributed by atoms with van der Waals surface area (Å²) in [5.74, 6) is 0.804. The summed E-state index contributed by atoms with van der Waals surface area (Å²) >= 11 is 16.5. The smallest absolute Gasteiger partial charge is 0.139 e. The van der Waals surface area contributed by atoms with Crippen molar-refractivity contribution in [3.8, 4) is 5.75 Å². The molecule has 2 rings (SSSR count). The van der Waals surface area contributed by atoms with Gasteiger partial charge in [0.2, 0.25) is 0 Å². The van der Waals surface area contributed by atoms with E-state index in [0.29, 0.717) is 18.2 Å². The molecule has 6 heteroatoms. The number of hydrogen-bond donors (Lipinski definition) is 1. The minimum atomic E-state index is 0.456. The van der Waals surface area contributed by atoms with Gasteiger partial charge in [0.15, 0.2) is 0 Å². The van der Waals surface area contributed by atoms with Crippen molar-refractivity contribution in [1.29, 1.82) is 0 Å². The van der Waals surface area contributed by atoms with Crippen LogP contribution in [0.4, 0.5) is 5.69 Å². The fourth-order valence-electron chi connectivity index (χ4n) is 1.85. The van der Waals surface area contributed by atoms with Crippen LogP contribution in [0.3, 0.4) is 0 Å². The summed E-state index contributed by atoms with van der Waals surface area (Å²) in [6.07, 6.45) is 1.72. The number of nitrogens with one attached hydrogen (secondary N) is 1. The molecule has 0 saturated carbocycles. The Morgan fingerprint density at radius 2 is 1.91 bits per heavy atom. The van der Waals surface area contributed by atoms with E-state index >= 15 is 0 Å². The summed E-state index contributed by atoms with van der Waals surface area (Å²) < 4.78 is 8.50. The van der Waals surface area contributed by atoms with Crippen LogP contribution in [0.5, 0.6) is 5.75 Å². The van der Waals surface area contributed by atoms with Gasteiger partial charge in [0, 0.05) is 26.7 Å². The quantitative estimate of drug-likeness (QED) is 0.432. The van der Waals surface area contributed by atoms with Gasteiger partial charge in [-0.25, -0.2) is 0 Å². The highest BCUT2D eigenvalue weighted by molar-refractivity contribution is 9.11. The van der Waals surface area contributed by atoms with Gasteiger partial charge in [0.25, 0.3) is 0 Å². The summed E-state index contributed by atoms with van der Waals surface area (Å²) in [4.78, 5) is 0. The average Bonchev–Trinajstić information content (AvgIpc) is 2.47. The normalized spacial score (nSPS) is 10.4. The van der Waals surface area contributed by atoms with Gasteiger partial charge in [-0.3, -0.25) is 0 Å². The predicted molar refractivity (Wildman–Crippen MR) is 104 cm³/mol. The molecule has 0 spiro atoms. The lowest BCUT2D eigenvalue weighted by molar-refractivity contribution is 0.357. The van der Waals surface area contributed by atoms with Crippen molar-refractivity contribution in [1.82, 2.24) is 0 Å². The van der Waals surface area contributed by atoms with E-state index in [4.69, 9.17) is 16.3 Å². The minimum absolute atomic E-state index is 0.456. The second kappa shape index (κ2) is 8.39. The molecule has 2 aromatic rings. The van der Waals surface area contributed by atoms with E-state index < -0.39 is 0 Å². The maximum Gasteiger partial charge on any atom is 0.139 e. The van der Waals surface area contributed by atoms with Crippen LogP contribution in [0.2, 0.25) is 5.02 Å². The first-order chi connectivity index (χ1) is 10.5. The number of hydrogen-bond acceptors (Lipinski definition) is 2. The Balaban J connectivity index is 2.20. The zero-order chi connectivity index (χ0) is 16.1. The molecular formula is C16H13Br3ClNO. The van der Waals surface area contributed by atoms with Crippen molar-refractivity contribution in [2.75, 3.05) is 11.9 Å². The van der Waals surface area contributed by atoms with E-state index in [1.807, 2.05) is 30.3 Å². The van der Waals surface area contributed by atoms with Gasteiger partial charge in [0.1, 0.15) is 12.4 Å². The van der Waals surface area contributed by atoms with Crippen molar-refractivity contribution in [3.63, 3.8) is 0 Å². The Hall–Kier alpha value is -0.490. The molecule has 0 amide bonds. The maximum atomic E-state index is 6.11. The Labute approximate surface area is 160 Å². The molecule has 22 heavy (non-hydrogen) atoms. The summed E-state index contributed by atoms with van der Waals surface area (Å²) in [5.41, 5.74) is 1.97. The van der Waals surface area contributed by atoms with Gasteiger partial charge in [-0.2, -0.15) is 0 Å².